The van der Waals surface area contributed by atoms with Crippen LogP contribution in [-0.4, -0.2) is 29.6 Å². The molecule has 4 rings (SSSR count). The number of nitrogens with zero attached hydrogens (tertiary/aromatic N) is 2. The lowest BCUT2D eigenvalue weighted by molar-refractivity contribution is 0.0781. The standard InChI is InChI=1S/C20H18N2O3S2/c1-22(9-14-6-7-17-18(8-14)25-13-24-17)20(23)16-4-2-3-5-19(16)27-11-15-10-26-12-21-15/h2-8,10,12H,9,11,13H2,1H3. The van der Waals surface area contributed by atoms with E-state index in [1.54, 1.807) is 28.0 Å². The minimum absolute atomic E-state index is 0.00551. The smallest absolute Gasteiger partial charge is 0.255 e. The molecular weight excluding hydrogens is 380 g/mol. The van der Waals surface area contributed by atoms with E-state index in [-0.39, 0.29) is 12.7 Å². The van der Waals surface area contributed by atoms with Gasteiger partial charge < -0.3 is 14.4 Å². The summed E-state index contributed by atoms with van der Waals surface area (Å²) in [5, 5.41) is 2.03. The van der Waals surface area contributed by atoms with Gasteiger partial charge in [0, 0.05) is 29.6 Å². The zero-order valence-corrected chi connectivity index (χ0v) is 16.4. The first kappa shape index (κ1) is 17.9. The van der Waals surface area contributed by atoms with E-state index in [0.717, 1.165) is 33.4 Å². The van der Waals surface area contributed by atoms with Gasteiger partial charge in [0.15, 0.2) is 11.5 Å². The Morgan fingerprint density at radius 1 is 1.22 bits per heavy atom. The van der Waals surface area contributed by atoms with Crippen LogP contribution in [0.4, 0.5) is 0 Å². The number of amides is 1. The normalized spacial score (nSPS) is 12.2. The van der Waals surface area contributed by atoms with Crippen molar-refractivity contribution < 1.29 is 14.3 Å². The van der Waals surface area contributed by atoms with Crippen molar-refractivity contribution in [1.29, 1.82) is 0 Å². The zero-order chi connectivity index (χ0) is 18.6. The summed E-state index contributed by atoms with van der Waals surface area (Å²) in [5.74, 6) is 2.22. The van der Waals surface area contributed by atoms with E-state index in [9.17, 15) is 4.79 Å². The van der Waals surface area contributed by atoms with Crippen molar-refractivity contribution in [2.45, 2.75) is 17.2 Å². The third-order valence-corrected chi connectivity index (χ3v) is 5.92. The van der Waals surface area contributed by atoms with Gasteiger partial charge in [0.1, 0.15) is 0 Å². The van der Waals surface area contributed by atoms with Crippen LogP contribution in [0.2, 0.25) is 0 Å². The Morgan fingerprint density at radius 3 is 2.93 bits per heavy atom. The van der Waals surface area contributed by atoms with Crippen molar-refractivity contribution in [1.82, 2.24) is 9.88 Å². The van der Waals surface area contributed by atoms with Crippen LogP contribution in [0.3, 0.4) is 0 Å². The molecule has 0 bridgehead atoms. The maximum Gasteiger partial charge on any atom is 0.255 e. The first-order chi connectivity index (χ1) is 13.2. The number of fused-ring (bicyclic) bond motifs is 1. The first-order valence-corrected chi connectivity index (χ1v) is 10.4. The van der Waals surface area contributed by atoms with E-state index in [0.29, 0.717) is 12.1 Å². The summed E-state index contributed by atoms with van der Waals surface area (Å²) < 4.78 is 10.8. The third kappa shape index (κ3) is 4.09. The van der Waals surface area contributed by atoms with E-state index >= 15 is 0 Å². The second-order valence-corrected chi connectivity index (χ2v) is 7.85. The summed E-state index contributed by atoms with van der Waals surface area (Å²) in [6.45, 7) is 0.748. The number of carbonyl (C=O) groups is 1. The minimum atomic E-state index is -0.00551. The SMILES string of the molecule is CN(Cc1ccc2c(c1)OCO2)C(=O)c1ccccc1SCc1cscn1. The van der Waals surface area contributed by atoms with Crippen LogP contribution in [0.5, 0.6) is 11.5 Å². The third-order valence-electron chi connectivity index (χ3n) is 4.18. The Hall–Kier alpha value is -2.51. The van der Waals surface area contributed by atoms with Crippen LogP contribution >= 0.6 is 23.1 Å². The lowest BCUT2D eigenvalue weighted by Crippen LogP contribution is -2.26. The van der Waals surface area contributed by atoms with Crippen molar-refractivity contribution in [3.05, 3.63) is 70.2 Å². The first-order valence-electron chi connectivity index (χ1n) is 8.43. The van der Waals surface area contributed by atoms with Gasteiger partial charge in [0.2, 0.25) is 6.79 Å². The summed E-state index contributed by atoms with van der Waals surface area (Å²) >= 11 is 3.21. The molecule has 0 fully saturated rings. The van der Waals surface area contributed by atoms with Crippen LogP contribution in [-0.2, 0) is 12.3 Å². The van der Waals surface area contributed by atoms with E-state index in [1.165, 1.54) is 0 Å². The molecule has 1 aliphatic rings. The fourth-order valence-electron chi connectivity index (χ4n) is 2.82. The van der Waals surface area contributed by atoms with Gasteiger partial charge in [-0.2, -0.15) is 0 Å². The lowest BCUT2D eigenvalue weighted by atomic mass is 10.1. The second kappa shape index (κ2) is 8.02. The molecule has 0 spiro atoms. The van der Waals surface area contributed by atoms with Crippen LogP contribution in [0.1, 0.15) is 21.6 Å². The molecule has 5 nitrogen and oxygen atoms in total. The van der Waals surface area contributed by atoms with Crippen molar-refractivity contribution in [2.24, 2.45) is 0 Å². The average Bonchev–Trinajstić information content (AvgIpc) is 3.37. The van der Waals surface area contributed by atoms with E-state index in [2.05, 4.69) is 4.98 Å². The highest BCUT2D eigenvalue weighted by atomic mass is 32.2. The van der Waals surface area contributed by atoms with Crippen molar-refractivity contribution >= 4 is 29.0 Å². The topological polar surface area (TPSA) is 51.7 Å². The van der Waals surface area contributed by atoms with Crippen LogP contribution in [0.15, 0.2) is 58.3 Å². The molecule has 2 heterocycles. The Balaban J connectivity index is 1.47. The molecule has 0 radical (unpaired) electrons. The number of carbonyl (C=O) groups excluding carboxylic acids is 1. The van der Waals surface area contributed by atoms with Gasteiger partial charge >= 0.3 is 0 Å². The van der Waals surface area contributed by atoms with Gasteiger partial charge in [-0.1, -0.05) is 18.2 Å². The maximum absolute atomic E-state index is 13.0. The van der Waals surface area contributed by atoms with Crippen molar-refractivity contribution in [3.8, 4) is 11.5 Å². The van der Waals surface area contributed by atoms with Crippen LogP contribution in [0.25, 0.3) is 0 Å². The van der Waals surface area contributed by atoms with Crippen LogP contribution < -0.4 is 9.47 Å². The summed E-state index contributed by atoms with van der Waals surface area (Å²) in [6, 6.07) is 13.5. The van der Waals surface area contributed by atoms with E-state index in [1.807, 2.05) is 60.4 Å². The number of aromatic nitrogens is 1. The fraction of sp³-hybridized carbons (Fsp3) is 0.200. The average molecular weight is 399 g/mol. The Bertz CT molecular complexity index is 944. The quantitative estimate of drug-likeness (QED) is 0.575. The molecule has 1 aromatic heterocycles. The molecule has 27 heavy (non-hydrogen) atoms. The van der Waals surface area contributed by atoms with Crippen LogP contribution in [0, 0.1) is 0 Å². The van der Waals surface area contributed by atoms with Gasteiger partial charge in [0.25, 0.3) is 5.91 Å². The van der Waals surface area contributed by atoms with E-state index < -0.39 is 0 Å². The second-order valence-electron chi connectivity index (χ2n) is 6.11. The molecule has 1 aliphatic heterocycles. The van der Waals surface area contributed by atoms with Gasteiger partial charge in [0.05, 0.1) is 16.8 Å². The molecule has 0 atom stereocenters. The van der Waals surface area contributed by atoms with Gasteiger partial charge in [-0.15, -0.1) is 23.1 Å². The number of thioether (sulfide) groups is 1. The molecule has 0 unspecified atom stereocenters. The summed E-state index contributed by atoms with van der Waals surface area (Å²) in [6.07, 6.45) is 0. The molecule has 3 aromatic rings. The number of rotatable bonds is 6. The summed E-state index contributed by atoms with van der Waals surface area (Å²) in [7, 11) is 1.81. The maximum atomic E-state index is 13.0. The monoisotopic (exact) mass is 398 g/mol. The highest BCUT2D eigenvalue weighted by Gasteiger charge is 2.18. The van der Waals surface area contributed by atoms with Gasteiger partial charge in [-0.05, 0) is 29.8 Å². The van der Waals surface area contributed by atoms with Crippen molar-refractivity contribution in [3.63, 3.8) is 0 Å². The van der Waals surface area contributed by atoms with Gasteiger partial charge in [-0.25, -0.2) is 4.98 Å². The highest BCUT2D eigenvalue weighted by molar-refractivity contribution is 7.98. The Kier molecular flexibility index (Phi) is 5.31. The molecular formula is C20H18N2O3S2. The van der Waals surface area contributed by atoms with E-state index in [4.69, 9.17) is 9.47 Å². The Labute approximate surface area is 165 Å². The zero-order valence-electron chi connectivity index (χ0n) is 14.8. The molecule has 0 N–H and O–H groups in total. The lowest BCUT2D eigenvalue weighted by Gasteiger charge is -2.19. The van der Waals surface area contributed by atoms with Crippen molar-refractivity contribution in [2.75, 3.05) is 13.8 Å². The Morgan fingerprint density at radius 2 is 2.07 bits per heavy atom. The molecule has 7 heteroatoms. The summed E-state index contributed by atoms with van der Waals surface area (Å²) in [5.41, 5.74) is 4.57. The number of ether oxygens (including phenoxy) is 2. The number of benzene rings is 2. The van der Waals surface area contributed by atoms with Gasteiger partial charge in [-0.3, -0.25) is 4.79 Å². The summed E-state index contributed by atoms with van der Waals surface area (Å²) in [4.78, 5) is 20.0. The molecule has 0 aliphatic carbocycles. The fourth-order valence-corrected chi connectivity index (χ4v) is 4.43. The molecule has 2 aromatic carbocycles. The number of thiazole rings is 1. The molecule has 0 saturated carbocycles. The minimum Gasteiger partial charge on any atom is -0.454 e. The predicted octanol–water partition coefficient (Wildman–Crippen LogP) is 4.44. The number of hydrogen-bond acceptors (Lipinski definition) is 6. The highest BCUT2D eigenvalue weighted by Crippen LogP contribution is 2.33. The molecule has 1 amide bonds. The largest absolute Gasteiger partial charge is 0.454 e. The predicted molar refractivity (Wildman–Crippen MR) is 106 cm³/mol. The molecule has 0 saturated heterocycles. The molecule has 138 valence electrons. The number of hydrogen-bond donors (Lipinski definition) is 0.